The molecule has 2 unspecified atom stereocenters. The Hall–Kier alpha value is -0.860. The van der Waals surface area contributed by atoms with Gasteiger partial charge in [-0.1, -0.05) is 30.3 Å². The molecule has 0 fully saturated rings. The van der Waals surface area contributed by atoms with Gasteiger partial charge in [-0.25, -0.2) is 0 Å². The fourth-order valence-corrected chi connectivity index (χ4v) is 1.18. The van der Waals surface area contributed by atoms with Gasteiger partial charge in [0.1, 0.15) is 0 Å². The minimum absolute atomic E-state index is 0.111. The lowest BCUT2D eigenvalue weighted by atomic mass is 10.1. The third-order valence-corrected chi connectivity index (χ3v) is 2.20. The number of rotatable bonds is 4. The van der Waals surface area contributed by atoms with Crippen molar-refractivity contribution in [1.82, 2.24) is 0 Å². The number of methoxy groups -OCH3 is 1. The van der Waals surface area contributed by atoms with Gasteiger partial charge < -0.3 is 9.84 Å². The van der Waals surface area contributed by atoms with Gasteiger partial charge in [0.2, 0.25) is 0 Å². The predicted molar refractivity (Wildman–Crippen MR) is 52.6 cm³/mol. The van der Waals surface area contributed by atoms with E-state index >= 15 is 0 Å². The second-order valence-corrected chi connectivity index (χ2v) is 3.20. The molecule has 1 aromatic rings. The fourth-order valence-electron chi connectivity index (χ4n) is 1.18. The summed E-state index contributed by atoms with van der Waals surface area (Å²) in [6.45, 7) is 1.87. The third-order valence-electron chi connectivity index (χ3n) is 2.20. The molecule has 72 valence electrons. The molecular weight excluding hydrogens is 164 g/mol. The molecule has 0 radical (unpaired) electrons. The van der Waals surface area contributed by atoms with E-state index in [-0.39, 0.29) is 6.10 Å². The second-order valence-electron chi connectivity index (χ2n) is 3.20. The molecule has 0 saturated carbocycles. The minimum atomic E-state index is -0.424. The van der Waals surface area contributed by atoms with Crippen molar-refractivity contribution in [2.45, 2.75) is 25.6 Å². The molecule has 0 aromatic heterocycles. The Balaban J connectivity index is 2.50. The van der Waals surface area contributed by atoms with E-state index in [0.717, 1.165) is 5.56 Å². The summed E-state index contributed by atoms with van der Waals surface area (Å²) in [6.07, 6.45) is 0.114. The lowest BCUT2D eigenvalue weighted by Crippen LogP contribution is -2.26. The van der Waals surface area contributed by atoms with Crippen LogP contribution in [0.3, 0.4) is 0 Å². The summed E-state index contributed by atoms with van der Waals surface area (Å²) in [6, 6.07) is 9.92. The van der Waals surface area contributed by atoms with Crippen molar-refractivity contribution in [1.29, 1.82) is 0 Å². The van der Waals surface area contributed by atoms with E-state index < -0.39 is 6.10 Å². The lowest BCUT2D eigenvalue weighted by Gasteiger charge is -2.16. The second kappa shape index (κ2) is 5.00. The Bertz CT molecular complexity index is 233. The summed E-state index contributed by atoms with van der Waals surface area (Å²) in [7, 11) is 1.61. The molecule has 1 N–H and O–H groups in total. The molecule has 1 aromatic carbocycles. The molecule has 2 atom stereocenters. The minimum Gasteiger partial charge on any atom is -0.390 e. The average molecular weight is 180 g/mol. The Morgan fingerprint density at radius 2 is 1.92 bits per heavy atom. The Kier molecular flexibility index (Phi) is 3.93. The summed E-state index contributed by atoms with van der Waals surface area (Å²) in [5.41, 5.74) is 1.14. The van der Waals surface area contributed by atoms with E-state index in [9.17, 15) is 5.11 Å². The molecule has 0 bridgehead atoms. The standard InChI is InChI=1S/C11H16O2/c1-9(13-2)11(12)8-10-6-4-3-5-7-10/h3-7,9,11-12H,8H2,1-2H3. The van der Waals surface area contributed by atoms with Crippen LogP contribution >= 0.6 is 0 Å². The monoisotopic (exact) mass is 180 g/mol. The fraction of sp³-hybridized carbons (Fsp3) is 0.455. The summed E-state index contributed by atoms with van der Waals surface area (Å²) >= 11 is 0. The van der Waals surface area contributed by atoms with Crippen LogP contribution in [0.4, 0.5) is 0 Å². The first-order valence-electron chi connectivity index (χ1n) is 4.49. The highest BCUT2D eigenvalue weighted by molar-refractivity contribution is 5.15. The van der Waals surface area contributed by atoms with Gasteiger partial charge in [0.25, 0.3) is 0 Å². The molecule has 13 heavy (non-hydrogen) atoms. The zero-order valence-electron chi connectivity index (χ0n) is 8.10. The highest BCUT2D eigenvalue weighted by Gasteiger charge is 2.13. The van der Waals surface area contributed by atoms with Crippen molar-refractivity contribution < 1.29 is 9.84 Å². The normalized spacial score (nSPS) is 15.3. The van der Waals surface area contributed by atoms with E-state index in [1.54, 1.807) is 7.11 Å². The zero-order chi connectivity index (χ0) is 9.68. The van der Waals surface area contributed by atoms with Crippen molar-refractivity contribution in [2.24, 2.45) is 0 Å². The number of hydrogen-bond donors (Lipinski definition) is 1. The summed E-state index contributed by atoms with van der Waals surface area (Å²) in [4.78, 5) is 0. The van der Waals surface area contributed by atoms with E-state index in [0.29, 0.717) is 6.42 Å². The number of ether oxygens (including phenoxy) is 1. The van der Waals surface area contributed by atoms with Gasteiger partial charge in [0.15, 0.2) is 0 Å². The first-order valence-corrected chi connectivity index (χ1v) is 4.49. The van der Waals surface area contributed by atoms with Crippen LogP contribution in [0.2, 0.25) is 0 Å². The van der Waals surface area contributed by atoms with Crippen LogP contribution in [-0.2, 0) is 11.2 Å². The van der Waals surface area contributed by atoms with Crippen LogP contribution in [0.1, 0.15) is 12.5 Å². The average Bonchev–Trinajstić information content (AvgIpc) is 2.18. The summed E-state index contributed by atoms with van der Waals surface area (Å²) < 4.78 is 5.03. The first kappa shape index (κ1) is 10.2. The Labute approximate surface area is 79.2 Å². The smallest absolute Gasteiger partial charge is 0.0839 e. The highest BCUT2D eigenvalue weighted by atomic mass is 16.5. The molecule has 0 heterocycles. The predicted octanol–water partition coefficient (Wildman–Crippen LogP) is 1.62. The van der Waals surface area contributed by atoms with Gasteiger partial charge in [0.05, 0.1) is 12.2 Å². The molecule has 1 rings (SSSR count). The maximum Gasteiger partial charge on any atom is 0.0839 e. The Morgan fingerprint density at radius 1 is 1.31 bits per heavy atom. The first-order chi connectivity index (χ1) is 6.24. The van der Waals surface area contributed by atoms with Crippen molar-refractivity contribution in [2.75, 3.05) is 7.11 Å². The SMILES string of the molecule is COC(C)C(O)Cc1ccccc1. The van der Waals surface area contributed by atoms with Crippen LogP contribution in [0.15, 0.2) is 30.3 Å². The van der Waals surface area contributed by atoms with Crippen LogP contribution in [0.5, 0.6) is 0 Å². The van der Waals surface area contributed by atoms with Crippen LogP contribution in [-0.4, -0.2) is 24.4 Å². The third kappa shape index (κ3) is 3.17. The maximum absolute atomic E-state index is 9.65. The molecule has 0 spiro atoms. The van der Waals surface area contributed by atoms with Crippen molar-refractivity contribution in [3.8, 4) is 0 Å². The van der Waals surface area contributed by atoms with Gasteiger partial charge in [-0.2, -0.15) is 0 Å². The molecular formula is C11H16O2. The number of hydrogen-bond acceptors (Lipinski definition) is 2. The van der Waals surface area contributed by atoms with Crippen LogP contribution < -0.4 is 0 Å². The maximum atomic E-state index is 9.65. The van der Waals surface area contributed by atoms with E-state index in [2.05, 4.69) is 0 Å². The van der Waals surface area contributed by atoms with Gasteiger partial charge >= 0.3 is 0 Å². The van der Waals surface area contributed by atoms with Crippen molar-refractivity contribution in [3.05, 3.63) is 35.9 Å². The van der Waals surface area contributed by atoms with Crippen LogP contribution in [0, 0.1) is 0 Å². The number of benzene rings is 1. The van der Waals surface area contributed by atoms with Crippen LogP contribution in [0.25, 0.3) is 0 Å². The Morgan fingerprint density at radius 3 is 2.46 bits per heavy atom. The molecule has 2 nitrogen and oxygen atoms in total. The van der Waals surface area contributed by atoms with Gasteiger partial charge in [-0.3, -0.25) is 0 Å². The van der Waals surface area contributed by atoms with E-state index in [1.165, 1.54) is 0 Å². The molecule has 0 aliphatic carbocycles. The van der Waals surface area contributed by atoms with Crippen molar-refractivity contribution in [3.63, 3.8) is 0 Å². The zero-order valence-corrected chi connectivity index (χ0v) is 8.10. The molecule has 0 aliphatic rings. The van der Waals surface area contributed by atoms with Gasteiger partial charge in [-0.05, 0) is 12.5 Å². The molecule has 0 amide bonds. The number of aliphatic hydroxyl groups excluding tert-OH is 1. The summed E-state index contributed by atoms with van der Waals surface area (Å²) in [5.74, 6) is 0. The molecule has 0 aliphatic heterocycles. The largest absolute Gasteiger partial charge is 0.390 e. The highest BCUT2D eigenvalue weighted by Crippen LogP contribution is 2.07. The van der Waals surface area contributed by atoms with E-state index in [1.807, 2.05) is 37.3 Å². The quantitative estimate of drug-likeness (QED) is 0.763. The topological polar surface area (TPSA) is 29.5 Å². The van der Waals surface area contributed by atoms with Gasteiger partial charge in [0, 0.05) is 13.5 Å². The molecule has 2 heteroatoms. The van der Waals surface area contributed by atoms with E-state index in [4.69, 9.17) is 4.74 Å². The lowest BCUT2D eigenvalue weighted by molar-refractivity contribution is 0.000408. The summed E-state index contributed by atoms with van der Waals surface area (Å²) in [5, 5.41) is 9.65. The van der Waals surface area contributed by atoms with Gasteiger partial charge in [-0.15, -0.1) is 0 Å². The molecule has 0 saturated heterocycles. The number of aliphatic hydroxyl groups is 1. The van der Waals surface area contributed by atoms with Crippen molar-refractivity contribution >= 4 is 0 Å².